The monoisotopic (exact) mass is 185 g/mol. The minimum absolute atomic E-state index is 0.0381. The van der Waals surface area contributed by atoms with Crippen molar-refractivity contribution in [2.45, 2.75) is 45.6 Å². The molecule has 0 atom stereocenters. The molecule has 1 rings (SSSR count). The third-order valence-corrected chi connectivity index (χ3v) is 2.63. The van der Waals surface area contributed by atoms with Crippen LogP contribution in [0.3, 0.4) is 0 Å². The van der Waals surface area contributed by atoms with E-state index in [0.717, 1.165) is 19.4 Å². The molecule has 0 aromatic heterocycles. The van der Waals surface area contributed by atoms with Crippen LogP contribution >= 0.6 is 0 Å². The van der Waals surface area contributed by atoms with Gasteiger partial charge in [0.05, 0.1) is 6.54 Å². The molecule has 1 aliphatic heterocycles. The molecule has 0 unspecified atom stereocenters. The van der Waals surface area contributed by atoms with Crippen LogP contribution in [0.2, 0.25) is 0 Å². The van der Waals surface area contributed by atoms with Gasteiger partial charge in [-0.2, -0.15) is 0 Å². The van der Waals surface area contributed by atoms with Crippen molar-refractivity contribution in [2.24, 2.45) is 0 Å². The maximum atomic E-state index is 11.3. The van der Waals surface area contributed by atoms with Gasteiger partial charge in [-0.25, -0.2) is 4.79 Å². The van der Waals surface area contributed by atoms with Crippen molar-refractivity contribution in [2.75, 3.05) is 13.2 Å². The van der Waals surface area contributed by atoms with E-state index in [9.17, 15) is 4.79 Å². The number of nitrogens with zero attached hydrogens (tertiary/aromatic N) is 1. The van der Waals surface area contributed by atoms with E-state index in [1.807, 2.05) is 4.90 Å². The fraction of sp³-hybridized carbons (Fsp3) is 0.900. The lowest BCUT2D eigenvalue weighted by atomic mass is 9.96. The summed E-state index contributed by atoms with van der Waals surface area (Å²) in [6.45, 7) is 7.67. The Morgan fingerprint density at radius 2 is 2.23 bits per heavy atom. The average Bonchev–Trinajstić information content (AvgIpc) is 2.48. The largest absolute Gasteiger partial charge is 0.448 e. The van der Waals surface area contributed by atoms with Gasteiger partial charge in [0, 0.05) is 5.54 Å². The van der Waals surface area contributed by atoms with Gasteiger partial charge in [0.15, 0.2) is 0 Å². The zero-order valence-corrected chi connectivity index (χ0v) is 8.80. The van der Waals surface area contributed by atoms with Gasteiger partial charge in [-0.15, -0.1) is 0 Å². The molecule has 3 heteroatoms. The number of carbonyl (C=O) groups excluding carboxylic acids is 1. The van der Waals surface area contributed by atoms with Gasteiger partial charge in [0.1, 0.15) is 6.61 Å². The van der Waals surface area contributed by atoms with Crippen molar-refractivity contribution in [3.05, 3.63) is 0 Å². The van der Waals surface area contributed by atoms with Crippen LogP contribution in [0.15, 0.2) is 0 Å². The lowest BCUT2D eigenvalue weighted by Crippen LogP contribution is -2.44. The van der Waals surface area contributed by atoms with E-state index in [0.29, 0.717) is 6.61 Å². The Labute approximate surface area is 80.1 Å². The highest BCUT2D eigenvalue weighted by atomic mass is 16.6. The topological polar surface area (TPSA) is 29.5 Å². The van der Waals surface area contributed by atoms with Crippen molar-refractivity contribution in [3.63, 3.8) is 0 Å². The van der Waals surface area contributed by atoms with Crippen molar-refractivity contribution >= 4 is 6.09 Å². The van der Waals surface area contributed by atoms with Gasteiger partial charge < -0.3 is 4.74 Å². The van der Waals surface area contributed by atoms with E-state index in [4.69, 9.17) is 4.74 Å². The first-order valence-electron chi connectivity index (χ1n) is 5.02. The van der Waals surface area contributed by atoms with Crippen LogP contribution in [0, 0.1) is 0 Å². The molecule has 0 aromatic rings. The van der Waals surface area contributed by atoms with Gasteiger partial charge in [-0.1, -0.05) is 19.8 Å². The molecule has 1 aliphatic rings. The molecule has 1 amide bonds. The predicted molar refractivity (Wildman–Crippen MR) is 51.7 cm³/mol. The molecular formula is C10H19NO2. The zero-order chi connectivity index (χ0) is 9.90. The lowest BCUT2D eigenvalue weighted by Gasteiger charge is -2.33. The molecule has 1 fully saturated rings. The van der Waals surface area contributed by atoms with Gasteiger partial charge in [-0.05, 0) is 20.3 Å². The van der Waals surface area contributed by atoms with Crippen molar-refractivity contribution < 1.29 is 9.53 Å². The molecule has 0 spiro atoms. The van der Waals surface area contributed by atoms with Gasteiger partial charge in [-0.3, -0.25) is 4.90 Å². The summed E-state index contributed by atoms with van der Waals surface area (Å²) in [5.41, 5.74) is -0.0381. The van der Waals surface area contributed by atoms with Gasteiger partial charge in [0.2, 0.25) is 0 Å². The SMILES string of the molecule is CCCCC(C)(C)N1CCOC1=O. The van der Waals surface area contributed by atoms with Crippen LogP contribution in [0.1, 0.15) is 40.0 Å². The van der Waals surface area contributed by atoms with Crippen LogP contribution in [-0.2, 0) is 4.74 Å². The minimum atomic E-state index is -0.152. The molecular weight excluding hydrogens is 166 g/mol. The molecule has 0 aromatic carbocycles. The smallest absolute Gasteiger partial charge is 0.410 e. The lowest BCUT2D eigenvalue weighted by molar-refractivity contribution is 0.121. The number of hydrogen-bond acceptors (Lipinski definition) is 2. The molecule has 13 heavy (non-hydrogen) atoms. The Balaban J connectivity index is 2.51. The number of hydrogen-bond donors (Lipinski definition) is 0. The molecule has 76 valence electrons. The van der Waals surface area contributed by atoms with E-state index >= 15 is 0 Å². The van der Waals surface area contributed by atoms with Crippen LogP contribution in [0.5, 0.6) is 0 Å². The minimum Gasteiger partial charge on any atom is -0.448 e. The van der Waals surface area contributed by atoms with Crippen molar-refractivity contribution in [1.82, 2.24) is 4.90 Å². The summed E-state index contributed by atoms with van der Waals surface area (Å²) in [5, 5.41) is 0. The Morgan fingerprint density at radius 1 is 1.54 bits per heavy atom. The molecule has 0 aliphatic carbocycles. The van der Waals surface area contributed by atoms with Crippen molar-refractivity contribution in [3.8, 4) is 0 Å². The zero-order valence-electron chi connectivity index (χ0n) is 8.80. The van der Waals surface area contributed by atoms with Gasteiger partial charge >= 0.3 is 6.09 Å². The fourth-order valence-corrected chi connectivity index (χ4v) is 1.69. The molecule has 0 saturated carbocycles. The Hall–Kier alpha value is -0.730. The highest BCUT2D eigenvalue weighted by Gasteiger charge is 2.34. The maximum absolute atomic E-state index is 11.3. The molecule has 0 N–H and O–H groups in total. The first kappa shape index (κ1) is 10.4. The number of carbonyl (C=O) groups is 1. The van der Waals surface area contributed by atoms with Crippen molar-refractivity contribution in [1.29, 1.82) is 0 Å². The molecule has 3 nitrogen and oxygen atoms in total. The van der Waals surface area contributed by atoms with Crippen LogP contribution in [0.25, 0.3) is 0 Å². The molecule has 0 radical (unpaired) electrons. The standard InChI is InChI=1S/C10H19NO2/c1-4-5-6-10(2,3)11-7-8-13-9(11)12/h4-8H2,1-3H3. The fourth-order valence-electron chi connectivity index (χ4n) is 1.69. The summed E-state index contributed by atoms with van der Waals surface area (Å²) in [6, 6.07) is 0. The Kier molecular flexibility index (Phi) is 3.17. The number of unbranched alkanes of at least 4 members (excludes halogenated alkanes) is 1. The van der Waals surface area contributed by atoms with E-state index in [1.54, 1.807) is 0 Å². The van der Waals surface area contributed by atoms with E-state index in [2.05, 4.69) is 20.8 Å². The Morgan fingerprint density at radius 3 is 2.69 bits per heavy atom. The first-order valence-corrected chi connectivity index (χ1v) is 5.02. The number of cyclic esters (lactones) is 1. The third-order valence-electron chi connectivity index (χ3n) is 2.63. The summed E-state index contributed by atoms with van der Waals surface area (Å²) in [4.78, 5) is 13.1. The second-order valence-corrected chi connectivity index (χ2v) is 4.18. The maximum Gasteiger partial charge on any atom is 0.410 e. The Bertz CT molecular complexity index is 189. The quantitative estimate of drug-likeness (QED) is 0.673. The first-order chi connectivity index (χ1) is 6.08. The molecule has 0 bridgehead atoms. The molecule has 1 saturated heterocycles. The highest BCUT2D eigenvalue weighted by Crippen LogP contribution is 2.24. The molecule has 1 heterocycles. The van der Waals surface area contributed by atoms with Gasteiger partial charge in [0.25, 0.3) is 0 Å². The number of ether oxygens (including phenoxy) is 1. The third kappa shape index (κ3) is 2.36. The predicted octanol–water partition coefficient (Wildman–Crippen LogP) is 2.41. The number of amides is 1. The summed E-state index contributed by atoms with van der Waals surface area (Å²) in [5.74, 6) is 0. The second-order valence-electron chi connectivity index (χ2n) is 4.18. The summed E-state index contributed by atoms with van der Waals surface area (Å²) in [7, 11) is 0. The number of rotatable bonds is 4. The van der Waals surface area contributed by atoms with E-state index in [1.165, 1.54) is 6.42 Å². The van der Waals surface area contributed by atoms with Crippen LogP contribution in [0.4, 0.5) is 4.79 Å². The second kappa shape index (κ2) is 3.99. The van der Waals surface area contributed by atoms with E-state index < -0.39 is 0 Å². The van der Waals surface area contributed by atoms with E-state index in [-0.39, 0.29) is 11.6 Å². The highest BCUT2D eigenvalue weighted by molar-refractivity contribution is 5.70. The summed E-state index contributed by atoms with van der Waals surface area (Å²) >= 11 is 0. The average molecular weight is 185 g/mol. The normalized spacial score (nSPS) is 17.8. The summed E-state index contributed by atoms with van der Waals surface area (Å²) in [6.07, 6.45) is 3.24. The summed E-state index contributed by atoms with van der Waals surface area (Å²) < 4.78 is 4.92. The van der Waals surface area contributed by atoms with Crippen LogP contribution in [-0.4, -0.2) is 29.7 Å². The van der Waals surface area contributed by atoms with Crippen LogP contribution < -0.4 is 0 Å².